The summed E-state index contributed by atoms with van der Waals surface area (Å²) >= 11 is 0. The highest BCUT2D eigenvalue weighted by atomic mass is 15.3. The molecule has 1 aromatic rings. The van der Waals surface area contributed by atoms with Gasteiger partial charge in [-0.05, 0) is 0 Å². The van der Waals surface area contributed by atoms with Crippen molar-refractivity contribution in [2.75, 3.05) is 12.3 Å². The molecule has 0 aromatic carbocycles. The third-order valence-corrected chi connectivity index (χ3v) is 2.12. The van der Waals surface area contributed by atoms with Crippen LogP contribution < -0.4 is 11.1 Å². The first-order valence-electron chi connectivity index (χ1n) is 3.80. The smallest absolute Gasteiger partial charge is 0.126 e. The monoisotopic (exact) mass is 152 g/mol. The predicted molar refractivity (Wildman–Crippen MR) is 43.0 cm³/mol. The number of aryl methyl sites for hydroxylation is 1. The van der Waals surface area contributed by atoms with E-state index in [0.29, 0.717) is 0 Å². The molecule has 4 nitrogen and oxygen atoms in total. The third-order valence-electron chi connectivity index (χ3n) is 2.12. The van der Waals surface area contributed by atoms with Crippen LogP contribution in [0.1, 0.15) is 11.3 Å². The van der Waals surface area contributed by atoms with Crippen molar-refractivity contribution in [2.24, 2.45) is 7.05 Å². The van der Waals surface area contributed by atoms with Crippen LogP contribution in [0, 0.1) is 0 Å². The Balaban J connectivity index is 2.50. The van der Waals surface area contributed by atoms with Crippen molar-refractivity contribution >= 4 is 5.82 Å². The predicted octanol–water partition coefficient (Wildman–Crippen LogP) is -0.352. The lowest BCUT2D eigenvalue weighted by atomic mass is 10.1. The van der Waals surface area contributed by atoms with Crippen LogP contribution in [0.4, 0.5) is 5.82 Å². The van der Waals surface area contributed by atoms with Crippen molar-refractivity contribution in [1.29, 1.82) is 0 Å². The highest BCUT2D eigenvalue weighted by Crippen LogP contribution is 2.18. The molecule has 0 radical (unpaired) electrons. The van der Waals surface area contributed by atoms with E-state index in [2.05, 4.69) is 10.4 Å². The van der Waals surface area contributed by atoms with Gasteiger partial charge in [-0.1, -0.05) is 0 Å². The minimum Gasteiger partial charge on any atom is -0.384 e. The highest BCUT2D eigenvalue weighted by molar-refractivity contribution is 5.44. The standard InChI is InChI=1S/C7H12N4/c1-11-7(8)5-4-9-3-2-6(5)10-11/h9H,2-4,8H2,1H3. The molecule has 1 aliphatic heterocycles. The molecule has 0 spiro atoms. The lowest BCUT2D eigenvalue weighted by Crippen LogP contribution is -2.23. The van der Waals surface area contributed by atoms with E-state index in [0.717, 1.165) is 31.0 Å². The second-order valence-electron chi connectivity index (χ2n) is 2.86. The van der Waals surface area contributed by atoms with Crippen molar-refractivity contribution in [3.8, 4) is 0 Å². The molecular weight excluding hydrogens is 140 g/mol. The van der Waals surface area contributed by atoms with E-state index in [1.165, 1.54) is 5.56 Å². The maximum atomic E-state index is 5.78. The molecule has 0 fully saturated rings. The molecular formula is C7H12N4. The van der Waals surface area contributed by atoms with Crippen molar-refractivity contribution in [3.05, 3.63) is 11.3 Å². The summed E-state index contributed by atoms with van der Waals surface area (Å²) < 4.78 is 1.75. The van der Waals surface area contributed by atoms with Crippen molar-refractivity contribution in [2.45, 2.75) is 13.0 Å². The summed E-state index contributed by atoms with van der Waals surface area (Å²) in [5.41, 5.74) is 8.12. The number of aromatic nitrogens is 2. The first kappa shape index (κ1) is 6.67. The molecule has 2 heterocycles. The van der Waals surface area contributed by atoms with Gasteiger partial charge < -0.3 is 11.1 Å². The zero-order valence-corrected chi connectivity index (χ0v) is 6.59. The normalized spacial score (nSPS) is 16.5. The number of anilines is 1. The van der Waals surface area contributed by atoms with Gasteiger partial charge in [-0.15, -0.1) is 0 Å². The van der Waals surface area contributed by atoms with Crippen LogP contribution in [0.5, 0.6) is 0 Å². The largest absolute Gasteiger partial charge is 0.384 e. The molecule has 0 amide bonds. The summed E-state index contributed by atoms with van der Waals surface area (Å²) in [7, 11) is 1.88. The summed E-state index contributed by atoms with van der Waals surface area (Å²) in [5.74, 6) is 0.798. The number of hydrogen-bond donors (Lipinski definition) is 2. The average Bonchev–Trinajstić information content (AvgIpc) is 2.30. The molecule has 0 unspecified atom stereocenters. The molecule has 3 N–H and O–H groups in total. The number of nitrogens with two attached hydrogens (primary N) is 1. The Kier molecular flexibility index (Phi) is 1.35. The number of fused-ring (bicyclic) bond motifs is 1. The van der Waals surface area contributed by atoms with E-state index in [1.54, 1.807) is 4.68 Å². The fourth-order valence-corrected chi connectivity index (χ4v) is 1.45. The Morgan fingerprint density at radius 2 is 2.45 bits per heavy atom. The Bertz CT molecular complexity index is 276. The molecule has 2 rings (SSSR count). The molecule has 1 aromatic heterocycles. The van der Waals surface area contributed by atoms with E-state index in [1.807, 2.05) is 7.05 Å². The molecule has 1 aliphatic rings. The van der Waals surface area contributed by atoms with Gasteiger partial charge in [-0.25, -0.2) is 0 Å². The number of hydrogen-bond acceptors (Lipinski definition) is 3. The van der Waals surface area contributed by atoms with E-state index in [9.17, 15) is 0 Å². The summed E-state index contributed by atoms with van der Waals surface area (Å²) in [6, 6.07) is 0. The molecule has 4 heteroatoms. The molecule has 60 valence electrons. The lowest BCUT2D eigenvalue weighted by molar-refractivity contribution is 0.633. The van der Waals surface area contributed by atoms with Gasteiger partial charge >= 0.3 is 0 Å². The summed E-state index contributed by atoms with van der Waals surface area (Å²) in [5, 5.41) is 7.56. The van der Waals surface area contributed by atoms with Crippen LogP contribution >= 0.6 is 0 Å². The molecule has 11 heavy (non-hydrogen) atoms. The minimum absolute atomic E-state index is 0.798. The van der Waals surface area contributed by atoms with Gasteiger partial charge in [0.1, 0.15) is 5.82 Å². The van der Waals surface area contributed by atoms with Gasteiger partial charge in [-0.2, -0.15) is 5.10 Å². The first-order valence-corrected chi connectivity index (χ1v) is 3.80. The van der Waals surface area contributed by atoms with Crippen LogP contribution in [-0.2, 0) is 20.0 Å². The molecule has 0 bridgehead atoms. The van der Waals surface area contributed by atoms with Crippen LogP contribution in [0.25, 0.3) is 0 Å². The number of nitrogens with one attached hydrogen (secondary N) is 1. The Morgan fingerprint density at radius 1 is 1.64 bits per heavy atom. The molecule has 0 aliphatic carbocycles. The first-order chi connectivity index (χ1) is 5.29. The van der Waals surface area contributed by atoms with Gasteiger partial charge in [0.25, 0.3) is 0 Å². The fourth-order valence-electron chi connectivity index (χ4n) is 1.45. The van der Waals surface area contributed by atoms with Crippen molar-refractivity contribution < 1.29 is 0 Å². The number of nitrogen functional groups attached to an aromatic ring is 1. The lowest BCUT2D eigenvalue weighted by Gasteiger charge is -2.10. The van der Waals surface area contributed by atoms with E-state index in [-0.39, 0.29) is 0 Å². The second kappa shape index (κ2) is 2.23. The third kappa shape index (κ3) is 0.903. The second-order valence-corrected chi connectivity index (χ2v) is 2.86. The van der Waals surface area contributed by atoms with Gasteiger partial charge in [0.05, 0.1) is 5.69 Å². The quantitative estimate of drug-likeness (QED) is 0.534. The van der Waals surface area contributed by atoms with Crippen LogP contribution in [-0.4, -0.2) is 16.3 Å². The Labute approximate surface area is 65.4 Å². The van der Waals surface area contributed by atoms with E-state index in [4.69, 9.17) is 5.73 Å². The van der Waals surface area contributed by atoms with Crippen LogP contribution in [0.2, 0.25) is 0 Å². The maximum Gasteiger partial charge on any atom is 0.126 e. The summed E-state index contributed by atoms with van der Waals surface area (Å²) in [4.78, 5) is 0. The zero-order valence-electron chi connectivity index (χ0n) is 6.59. The zero-order chi connectivity index (χ0) is 7.84. The number of rotatable bonds is 0. The number of nitrogens with zero attached hydrogens (tertiary/aromatic N) is 2. The SMILES string of the molecule is Cn1nc2c(c1N)CNCC2. The molecule has 0 saturated heterocycles. The van der Waals surface area contributed by atoms with Crippen LogP contribution in [0.3, 0.4) is 0 Å². The Hall–Kier alpha value is -1.03. The molecule has 0 atom stereocenters. The van der Waals surface area contributed by atoms with Gasteiger partial charge in [0, 0.05) is 32.1 Å². The van der Waals surface area contributed by atoms with Gasteiger partial charge in [0.2, 0.25) is 0 Å². The average molecular weight is 152 g/mol. The summed E-state index contributed by atoms with van der Waals surface area (Å²) in [6.07, 6.45) is 1.00. The van der Waals surface area contributed by atoms with Gasteiger partial charge in [0.15, 0.2) is 0 Å². The maximum absolute atomic E-state index is 5.78. The van der Waals surface area contributed by atoms with Crippen LogP contribution in [0.15, 0.2) is 0 Å². The minimum atomic E-state index is 0.798. The fraction of sp³-hybridized carbons (Fsp3) is 0.571. The van der Waals surface area contributed by atoms with E-state index >= 15 is 0 Å². The Morgan fingerprint density at radius 3 is 3.18 bits per heavy atom. The summed E-state index contributed by atoms with van der Waals surface area (Å²) in [6.45, 7) is 1.89. The molecule has 0 saturated carbocycles. The van der Waals surface area contributed by atoms with Gasteiger partial charge in [-0.3, -0.25) is 4.68 Å². The van der Waals surface area contributed by atoms with E-state index < -0.39 is 0 Å². The van der Waals surface area contributed by atoms with Crippen molar-refractivity contribution in [3.63, 3.8) is 0 Å². The topological polar surface area (TPSA) is 55.9 Å². The highest BCUT2D eigenvalue weighted by Gasteiger charge is 2.15. The van der Waals surface area contributed by atoms with Crippen molar-refractivity contribution in [1.82, 2.24) is 15.1 Å².